The topological polar surface area (TPSA) is 142 Å². The van der Waals surface area contributed by atoms with Crippen LogP contribution in [0.4, 0.5) is 16.1 Å². The SMILES string of the molecule is C=C(C)CCc1cc(NC(=O)Cc2ccc(-c3nn(C(C)C)c(N)c3C(N)=O)cc2F)on1. The first-order valence-electron chi connectivity index (χ1n) is 10.4. The van der Waals surface area contributed by atoms with Gasteiger partial charge in [-0.25, -0.2) is 9.07 Å². The van der Waals surface area contributed by atoms with Crippen LogP contribution in [-0.4, -0.2) is 26.8 Å². The van der Waals surface area contributed by atoms with Crippen LogP contribution in [0.15, 0.2) is 40.9 Å². The largest absolute Gasteiger partial charge is 0.383 e. The van der Waals surface area contributed by atoms with E-state index in [-0.39, 0.29) is 41.0 Å². The fourth-order valence-electron chi connectivity index (χ4n) is 3.31. The van der Waals surface area contributed by atoms with Gasteiger partial charge >= 0.3 is 0 Å². The number of anilines is 2. The zero-order valence-corrected chi connectivity index (χ0v) is 18.8. The van der Waals surface area contributed by atoms with Crippen molar-refractivity contribution in [2.75, 3.05) is 11.1 Å². The van der Waals surface area contributed by atoms with E-state index in [1.165, 1.54) is 16.8 Å². The van der Waals surface area contributed by atoms with Gasteiger partial charge in [-0.3, -0.25) is 14.9 Å². The summed E-state index contributed by atoms with van der Waals surface area (Å²) >= 11 is 0. The number of benzene rings is 1. The summed E-state index contributed by atoms with van der Waals surface area (Å²) < 4.78 is 21.4. The van der Waals surface area contributed by atoms with Crippen molar-refractivity contribution in [3.63, 3.8) is 0 Å². The molecule has 0 unspecified atom stereocenters. The highest BCUT2D eigenvalue weighted by atomic mass is 19.1. The Bertz CT molecular complexity index is 1210. The summed E-state index contributed by atoms with van der Waals surface area (Å²) in [6.45, 7) is 9.44. The highest BCUT2D eigenvalue weighted by molar-refractivity contribution is 6.03. The first-order chi connectivity index (χ1) is 15.6. The Balaban J connectivity index is 1.75. The van der Waals surface area contributed by atoms with Crippen molar-refractivity contribution in [2.45, 2.75) is 46.1 Å². The Labute approximate surface area is 190 Å². The smallest absolute Gasteiger partial charge is 0.254 e. The zero-order valence-electron chi connectivity index (χ0n) is 18.8. The maximum absolute atomic E-state index is 14.8. The Morgan fingerprint density at radius 3 is 2.64 bits per heavy atom. The molecule has 2 aromatic heterocycles. The average Bonchev–Trinajstić information content (AvgIpc) is 3.31. The summed E-state index contributed by atoms with van der Waals surface area (Å²) in [5.41, 5.74) is 13.9. The molecule has 10 heteroatoms. The first-order valence-corrected chi connectivity index (χ1v) is 10.4. The number of nitrogens with two attached hydrogens (primary N) is 2. The molecule has 0 aliphatic carbocycles. The summed E-state index contributed by atoms with van der Waals surface area (Å²) in [6, 6.07) is 5.72. The molecular weight excluding hydrogens is 427 g/mol. The Hall–Kier alpha value is -3.95. The molecule has 9 nitrogen and oxygen atoms in total. The molecule has 0 aliphatic heterocycles. The lowest BCUT2D eigenvalue weighted by Crippen LogP contribution is -2.15. The summed E-state index contributed by atoms with van der Waals surface area (Å²) in [4.78, 5) is 24.3. The van der Waals surface area contributed by atoms with Gasteiger partial charge in [-0.05, 0) is 45.2 Å². The van der Waals surface area contributed by atoms with Crippen LogP contribution in [0.3, 0.4) is 0 Å². The van der Waals surface area contributed by atoms with Crippen molar-refractivity contribution >= 4 is 23.5 Å². The number of aryl methyl sites for hydroxylation is 1. The van der Waals surface area contributed by atoms with Gasteiger partial charge in [0.15, 0.2) is 0 Å². The number of hydrogen-bond donors (Lipinski definition) is 3. The van der Waals surface area contributed by atoms with Gasteiger partial charge in [0.05, 0.1) is 12.1 Å². The highest BCUT2D eigenvalue weighted by Gasteiger charge is 2.23. The van der Waals surface area contributed by atoms with Crippen LogP contribution in [0.1, 0.15) is 54.8 Å². The molecular formula is C23H27FN6O3. The molecule has 2 amide bonds. The number of carbonyl (C=O) groups excluding carboxylic acids is 2. The molecule has 3 aromatic rings. The van der Waals surface area contributed by atoms with Crippen LogP contribution in [0.5, 0.6) is 0 Å². The van der Waals surface area contributed by atoms with Crippen LogP contribution in [0.2, 0.25) is 0 Å². The van der Waals surface area contributed by atoms with Crippen LogP contribution in [0.25, 0.3) is 11.3 Å². The number of primary amides is 1. The van der Waals surface area contributed by atoms with Crippen LogP contribution in [-0.2, 0) is 17.6 Å². The van der Waals surface area contributed by atoms with Crippen LogP contribution >= 0.6 is 0 Å². The fourth-order valence-corrected chi connectivity index (χ4v) is 3.31. The van der Waals surface area contributed by atoms with Crippen molar-refractivity contribution in [3.05, 3.63) is 59.1 Å². The molecule has 174 valence electrons. The molecule has 0 fully saturated rings. The number of nitrogens with zero attached hydrogens (tertiary/aromatic N) is 3. The Kier molecular flexibility index (Phi) is 6.95. The number of hydrogen-bond acceptors (Lipinski definition) is 6. The molecule has 33 heavy (non-hydrogen) atoms. The monoisotopic (exact) mass is 454 g/mol. The van der Waals surface area contributed by atoms with E-state index in [0.29, 0.717) is 17.7 Å². The van der Waals surface area contributed by atoms with Gasteiger partial charge in [0.1, 0.15) is 22.9 Å². The number of nitrogens with one attached hydrogen (secondary N) is 1. The first kappa shape index (κ1) is 23.7. The van der Waals surface area contributed by atoms with Gasteiger partial charge in [-0.1, -0.05) is 22.9 Å². The summed E-state index contributed by atoms with van der Waals surface area (Å²) in [7, 11) is 0. The minimum absolute atomic E-state index is 0.0290. The molecule has 0 bridgehead atoms. The third-order valence-corrected chi connectivity index (χ3v) is 4.99. The van der Waals surface area contributed by atoms with Crippen molar-refractivity contribution < 1.29 is 18.5 Å². The number of rotatable bonds is 9. The Morgan fingerprint density at radius 2 is 2.03 bits per heavy atom. The molecule has 5 N–H and O–H groups in total. The van der Waals surface area contributed by atoms with E-state index < -0.39 is 17.6 Å². The standard InChI is InChI=1S/C23H27FN6O3/c1-12(2)5-8-16-11-19(33-29-16)27-18(31)10-14-6-7-15(9-17(14)24)21-20(23(26)32)22(25)30(28-21)13(3)4/h6-7,9,11,13H,1,5,8,10,25H2,2-4H3,(H2,26,32)(H,27,31). The molecule has 0 atom stereocenters. The van der Waals surface area contributed by atoms with Gasteiger partial charge in [0, 0.05) is 17.7 Å². The minimum Gasteiger partial charge on any atom is -0.383 e. The van der Waals surface area contributed by atoms with Crippen LogP contribution < -0.4 is 16.8 Å². The van der Waals surface area contributed by atoms with E-state index in [1.54, 1.807) is 12.1 Å². The van der Waals surface area contributed by atoms with E-state index >= 15 is 0 Å². The quantitative estimate of drug-likeness (QED) is 0.422. The van der Waals surface area contributed by atoms with Crippen molar-refractivity contribution in [1.82, 2.24) is 14.9 Å². The number of nitrogen functional groups attached to an aromatic ring is 1. The van der Waals surface area contributed by atoms with Gasteiger partial charge in [-0.2, -0.15) is 5.10 Å². The highest BCUT2D eigenvalue weighted by Crippen LogP contribution is 2.30. The number of carbonyl (C=O) groups is 2. The van der Waals surface area contributed by atoms with E-state index in [4.69, 9.17) is 16.0 Å². The predicted octanol–water partition coefficient (Wildman–Crippen LogP) is 3.63. The number of amides is 2. The van der Waals surface area contributed by atoms with Gasteiger partial charge in [0.2, 0.25) is 11.8 Å². The third kappa shape index (κ3) is 5.46. The normalized spacial score (nSPS) is 11.1. The number of allylic oxidation sites excluding steroid dienone is 1. The number of halogens is 1. The maximum Gasteiger partial charge on any atom is 0.254 e. The Morgan fingerprint density at radius 1 is 1.30 bits per heavy atom. The summed E-state index contributed by atoms with van der Waals surface area (Å²) in [5.74, 6) is -1.54. The molecule has 0 radical (unpaired) electrons. The second-order valence-corrected chi connectivity index (χ2v) is 8.18. The molecule has 3 rings (SSSR count). The summed E-state index contributed by atoms with van der Waals surface area (Å²) in [5, 5.41) is 10.8. The second kappa shape index (κ2) is 9.68. The van der Waals surface area contributed by atoms with Crippen LogP contribution in [0, 0.1) is 5.82 Å². The van der Waals surface area contributed by atoms with Crippen molar-refractivity contribution in [1.29, 1.82) is 0 Å². The van der Waals surface area contributed by atoms with E-state index in [1.807, 2.05) is 20.8 Å². The van der Waals surface area contributed by atoms with Gasteiger partial charge in [0.25, 0.3) is 5.91 Å². The van der Waals surface area contributed by atoms with Gasteiger partial charge in [-0.15, -0.1) is 6.58 Å². The lowest BCUT2D eigenvalue weighted by molar-refractivity contribution is -0.115. The van der Waals surface area contributed by atoms with Crippen molar-refractivity contribution in [2.24, 2.45) is 5.73 Å². The van der Waals surface area contributed by atoms with Crippen molar-refractivity contribution in [3.8, 4) is 11.3 Å². The molecule has 2 heterocycles. The zero-order chi connectivity index (χ0) is 24.3. The molecule has 0 aliphatic rings. The predicted molar refractivity (Wildman–Crippen MR) is 123 cm³/mol. The van der Waals surface area contributed by atoms with Gasteiger partial charge < -0.3 is 16.0 Å². The molecule has 0 saturated carbocycles. The molecule has 0 spiro atoms. The number of aromatic nitrogens is 3. The fraction of sp³-hybridized carbons (Fsp3) is 0.304. The maximum atomic E-state index is 14.8. The molecule has 1 aromatic carbocycles. The minimum atomic E-state index is -0.757. The van der Waals surface area contributed by atoms with E-state index in [9.17, 15) is 14.0 Å². The molecule has 0 saturated heterocycles. The lowest BCUT2D eigenvalue weighted by atomic mass is 10.0. The lowest BCUT2D eigenvalue weighted by Gasteiger charge is -2.07. The van der Waals surface area contributed by atoms with E-state index in [2.05, 4.69) is 22.2 Å². The average molecular weight is 455 g/mol. The second-order valence-electron chi connectivity index (χ2n) is 8.18. The summed E-state index contributed by atoms with van der Waals surface area (Å²) in [6.07, 6.45) is 1.18. The third-order valence-electron chi connectivity index (χ3n) is 4.99. The van der Waals surface area contributed by atoms with E-state index in [0.717, 1.165) is 12.0 Å².